The number of hydrogen-bond acceptors (Lipinski definition) is 4. The lowest BCUT2D eigenvalue weighted by atomic mass is 10.00. The highest BCUT2D eigenvalue weighted by molar-refractivity contribution is 5.96. The quantitative estimate of drug-likeness (QED) is 0.246. The lowest BCUT2D eigenvalue weighted by Gasteiger charge is -2.17. The van der Waals surface area contributed by atoms with Crippen LogP contribution in [0.3, 0.4) is 0 Å². The second-order valence-electron chi connectivity index (χ2n) is 7.16. The van der Waals surface area contributed by atoms with Gasteiger partial charge in [-0.3, -0.25) is 14.4 Å². The van der Waals surface area contributed by atoms with Gasteiger partial charge < -0.3 is 21.1 Å². The van der Waals surface area contributed by atoms with Crippen molar-refractivity contribution in [2.75, 3.05) is 19.6 Å². The van der Waals surface area contributed by atoms with E-state index in [4.69, 9.17) is 5.11 Å². The van der Waals surface area contributed by atoms with Crippen LogP contribution in [0.1, 0.15) is 59.3 Å². The second kappa shape index (κ2) is 12.8. The van der Waals surface area contributed by atoms with Crippen LogP contribution in [0.5, 0.6) is 0 Å². The Morgan fingerprint density at radius 2 is 1.79 bits per heavy atom. The van der Waals surface area contributed by atoms with E-state index in [2.05, 4.69) is 48.9 Å². The molecule has 1 heterocycles. The second-order valence-corrected chi connectivity index (χ2v) is 7.16. The van der Waals surface area contributed by atoms with Crippen molar-refractivity contribution in [1.29, 1.82) is 0 Å². The van der Waals surface area contributed by atoms with Gasteiger partial charge in [-0.25, -0.2) is 0 Å². The molecule has 1 aliphatic rings. The average molecular weight is 392 g/mol. The third-order valence-electron chi connectivity index (χ3n) is 4.55. The summed E-state index contributed by atoms with van der Waals surface area (Å²) in [4.78, 5) is 33.7. The van der Waals surface area contributed by atoms with E-state index in [1.54, 1.807) is 0 Å². The van der Waals surface area contributed by atoms with Crippen LogP contribution in [-0.4, -0.2) is 42.5 Å². The molecule has 0 spiro atoms. The molecular formula is C21H33N3O4. The van der Waals surface area contributed by atoms with Crippen LogP contribution in [0.15, 0.2) is 34.6 Å². The Bertz CT molecular complexity index is 659. The van der Waals surface area contributed by atoms with E-state index in [1.165, 1.54) is 22.4 Å². The first-order valence-corrected chi connectivity index (χ1v) is 9.83. The maximum Gasteiger partial charge on any atom is 0.305 e. The summed E-state index contributed by atoms with van der Waals surface area (Å²) in [5.74, 6) is -1.80. The molecule has 28 heavy (non-hydrogen) atoms. The molecule has 0 saturated heterocycles. The van der Waals surface area contributed by atoms with E-state index >= 15 is 0 Å². The van der Waals surface area contributed by atoms with E-state index in [0.717, 1.165) is 32.2 Å². The number of aliphatic carboxylic acids is 1. The summed E-state index contributed by atoms with van der Waals surface area (Å²) in [5.41, 5.74) is 5.09. The van der Waals surface area contributed by atoms with Crippen LogP contribution in [-0.2, 0) is 14.4 Å². The molecule has 0 aromatic rings. The standard InChI is InChI=1S/C21H33N3O4/c1-15(2)17(8-9-18-7-5-11-22-16(18)3)6-4-12-23-19(25)14-20(26)24-13-10-21(27)28/h8-9,22H,4-7,10-14H2,1-3H3,(H,23,25)(H,24,26)(H,27,28)/b9-8-. The minimum atomic E-state index is -0.986. The lowest BCUT2D eigenvalue weighted by Crippen LogP contribution is -2.33. The molecule has 0 radical (unpaired) electrons. The van der Waals surface area contributed by atoms with E-state index in [9.17, 15) is 14.4 Å². The Labute approximate surface area is 167 Å². The van der Waals surface area contributed by atoms with Crippen molar-refractivity contribution in [3.63, 3.8) is 0 Å². The van der Waals surface area contributed by atoms with Gasteiger partial charge in [-0.15, -0.1) is 0 Å². The first-order chi connectivity index (χ1) is 13.3. The highest BCUT2D eigenvalue weighted by Crippen LogP contribution is 2.19. The van der Waals surface area contributed by atoms with Crippen LogP contribution < -0.4 is 16.0 Å². The molecule has 0 bridgehead atoms. The fourth-order valence-electron chi connectivity index (χ4n) is 2.85. The van der Waals surface area contributed by atoms with Gasteiger partial charge in [0.2, 0.25) is 11.8 Å². The molecule has 1 aliphatic heterocycles. The molecule has 4 N–H and O–H groups in total. The Morgan fingerprint density at radius 1 is 1.11 bits per heavy atom. The molecule has 0 aromatic heterocycles. The SMILES string of the molecule is CC(C)=C(/C=C\C1=C(C)NCCC1)CCCNC(=O)CC(=O)NCCC(=O)O. The monoisotopic (exact) mass is 391 g/mol. The normalized spacial score (nSPS) is 13.8. The predicted octanol–water partition coefficient (Wildman–Crippen LogP) is 2.41. The van der Waals surface area contributed by atoms with Crippen LogP contribution in [0, 0.1) is 0 Å². The number of nitrogens with one attached hydrogen (secondary N) is 3. The highest BCUT2D eigenvalue weighted by atomic mass is 16.4. The number of amides is 2. The van der Waals surface area contributed by atoms with E-state index < -0.39 is 11.9 Å². The number of carboxylic acids is 1. The van der Waals surface area contributed by atoms with Gasteiger partial charge in [0.05, 0.1) is 6.42 Å². The summed E-state index contributed by atoms with van der Waals surface area (Å²) in [6.45, 7) is 7.84. The minimum Gasteiger partial charge on any atom is -0.481 e. The Balaban J connectivity index is 2.33. The molecule has 2 amide bonds. The number of hydrogen-bond donors (Lipinski definition) is 4. The maximum atomic E-state index is 11.8. The van der Waals surface area contributed by atoms with Crippen LogP contribution in [0.4, 0.5) is 0 Å². The fourth-order valence-corrected chi connectivity index (χ4v) is 2.85. The molecule has 0 saturated carbocycles. The van der Waals surface area contributed by atoms with E-state index in [1.807, 2.05) is 0 Å². The van der Waals surface area contributed by atoms with Crippen LogP contribution >= 0.6 is 0 Å². The molecule has 0 unspecified atom stereocenters. The van der Waals surface area contributed by atoms with Gasteiger partial charge in [-0.2, -0.15) is 0 Å². The van der Waals surface area contributed by atoms with Crippen molar-refractivity contribution in [3.8, 4) is 0 Å². The first-order valence-electron chi connectivity index (χ1n) is 9.83. The van der Waals surface area contributed by atoms with Gasteiger partial charge in [-0.1, -0.05) is 17.7 Å². The number of carboxylic acid groups (broad SMARTS) is 1. The summed E-state index contributed by atoms with van der Waals surface area (Å²) >= 11 is 0. The zero-order valence-corrected chi connectivity index (χ0v) is 17.2. The van der Waals surface area contributed by atoms with Gasteiger partial charge in [0.1, 0.15) is 6.42 Å². The number of rotatable bonds is 11. The third-order valence-corrected chi connectivity index (χ3v) is 4.55. The smallest absolute Gasteiger partial charge is 0.305 e. The van der Waals surface area contributed by atoms with Gasteiger partial charge in [0.15, 0.2) is 0 Å². The summed E-state index contributed by atoms with van der Waals surface area (Å²) in [5, 5.41) is 17.1. The molecular weight excluding hydrogens is 358 g/mol. The molecule has 0 fully saturated rings. The minimum absolute atomic E-state index is 0.0309. The maximum absolute atomic E-state index is 11.8. The molecule has 0 aliphatic carbocycles. The topological polar surface area (TPSA) is 108 Å². The summed E-state index contributed by atoms with van der Waals surface area (Å²) in [7, 11) is 0. The lowest BCUT2D eigenvalue weighted by molar-refractivity contribution is -0.136. The molecule has 0 atom stereocenters. The Hall–Kier alpha value is -2.57. The van der Waals surface area contributed by atoms with Gasteiger partial charge >= 0.3 is 5.97 Å². The number of allylic oxidation sites excluding steroid dienone is 6. The number of carbonyl (C=O) groups excluding carboxylic acids is 2. The molecule has 7 heteroatoms. The Kier molecular flexibility index (Phi) is 10.7. The van der Waals surface area contributed by atoms with E-state index in [-0.39, 0.29) is 25.3 Å². The highest BCUT2D eigenvalue weighted by Gasteiger charge is 2.09. The zero-order valence-electron chi connectivity index (χ0n) is 17.2. The third kappa shape index (κ3) is 9.94. The van der Waals surface area contributed by atoms with Gasteiger partial charge in [-0.05, 0) is 57.6 Å². The number of carbonyl (C=O) groups is 3. The average Bonchev–Trinajstić information content (AvgIpc) is 2.61. The van der Waals surface area contributed by atoms with Crippen LogP contribution in [0.2, 0.25) is 0 Å². The van der Waals surface area contributed by atoms with Gasteiger partial charge in [0, 0.05) is 25.3 Å². The van der Waals surface area contributed by atoms with Crippen molar-refractivity contribution in [2.24, 2.45) is 0 Å². The van der Waals surface area contributed by atoms with Crippen molar-refractivity contribution >= 4 is 17.8 Å². The molecule has 156 valence electrons. The fraction of sp³-hybridized carbons (Fsp3) is 0.571. The van der Waals surface area contributed by atoms with Crippen molar-refractivity contribution < 1.29 is 19.5 Å². The largest absolute Gasteiger partial charge is 0.481 e. The Morgan fingerprint density at radius 3 is 2.39 bits per heavy atom. The summed E-state index contributed by atoms with van der Waals surface area (Å²) < 4.78 is 0. The summed E-state index contributed by atoms with van der Waals surface area (Å²) in [6, 6.07) is 0. The van der Waals surface area contributed by atoms with Crippen molar-refractivity contribution in [3.05, 3.63) is 34.6 Å². The predicted molar refractivity (Wildman–Crippen MR) is 110 cm³/mol. The molecule has 1 rings (SSSR count). The van der Waals surface area contributed by atoms with Crippen molar-refractivity contribution in [2.45, 2.75) is 59.3 Å². The van der Waals surface area contributed by atoms with Crippen molar-refractivity contribution in [1.82, 2.24) is 16.0 Å². The molecule has 0 aromatic carbocycles. The molecule has 7 nitrogen and oxygen atoms in total. The van der Waals surface area contributed by atoms with E-state index in [0.29, 0.717) is 6.54 Å². The van der Waals surface area contributed by atoms with Crippen LogP contribution in [0.25, 0.3) is 0 Å². The van der Waals surface area contributed by atoms with Gasteiger partial charge in [0.25, 0.3) is 0 Å². The summed E-state index contributed by atoms with van der Waals surface area (Å²) in [6.07, 6.45) is 7.79. The first kappa shape index (κ1) is 23.5. The zero-order chi connectivity index (χ0) is 20.9.